The van der Waals surface area contributed by atoms with Crippen molar-refractivity contribution in [2.24, 2.45) is 0 Å². The lowest BCUT2D eigenvalue weighted by Crippen LogP contribution is -2.28. The molecule has 4 rings (SSSR count). The van der Waals surface area contributed by atoms with E-state index in [-0.39, 0.29) is 11.8 Å². The first-order valence-electron chi connectivity index (χ1n) is 8.99. The molecule has 0 aliphatic carbocycles. The van der Waals surface area contributed by atoms with Crippen LogP contribution in [0.3, 0.4) is 0 Å². The number of carbonyl (C=O) groups is 1. The second kappa shape index (κ2) is 6.86. The van der Waals surface area contributed by atoms with E-state index in [9.17, 15) is 4.79 Å². The summed E-state index contributed by atoms with van der Waals surface area (Å²) in [5, 5.41) is 3.17. The van der Waals surface area contributed by atoms with Gasteiger partial charge in [-0.15, -0.1) is 0 Å². The van der Waals surface area contributed by atoms with E-state index in [0.29, 0.717) is 36.8 Å². The molecule has 1 N–H and O–H groups in total. The number of hydrogen-bond donors (Lipinski definition) is 1. The van der Waals surface area contributed by atoms with E-state index in [1.54, 1.807) is 6.07 Å². The van der Waals surface area contributed by atoms with Crippen molar-refractivity contribution in [2.75, 3.05) is 38.7 Å². The average Bonchev–Trinajstić information content (AvgIpc) is 3.16. The maximum atomic E-state index is 12.9. The van der Waals surface area contributed by atoms with Crippen molar-refractivity contribution in [2.45, 2.75) is 19.3 Å². The Labute approximate surface area is 153 Å². The lowest BCUT2D eigenvalue weighted by molar-refractivity contribution is 0.0789. The zero-order valence-electron chi connectivity index (χ0n) is 15.1. The van der Waals surface area contributed by atoms with Crippen molar-refractivity contribution in [1.82, 2.24) is 9.88 Å². The lowest BCUT2D eigenvalue weighted by Gasteiger charge is -2.21. The molecule has 1 saturated heterocycles. The number of carbonyl (C=O) groups excluding carboxylic acids is 1. The fourth-order valence-corrected chi connectivity index (χ4v) is 3.59. The van der Waals surface area contributed by atoms with E-state index in [2.05, 4.69) is 16.4 Å². The molecule has 1 atom stereocenters. The molecule has 1 aromatic carbocycles. The molecule has 0 radical (unpaired) electrons. The number of hydrogen-bond acceptors (Lipinski definition) is 5. The van der Waals surface area contributed by atoms with Crippen LogP contribution in [-0.4, -0.2) is 49.1 Å². The summed E-state index contributed by atoms with van der Waals surface area (Å²) < 4.78 is 11.1. The molecule has 2 aliphatic heterocycles. The Morgan fingerprint density at radius 1 is 1.19 bits per heavy atom. The molecule has 2 aliphatic rings. The van der Waals surface area contributed by atoms with E-state index in [4.69, 9.17) is 9.47 Å². The van der Waals surface area contributed by atoms with Crippen molar-refractivity contribution in [3.8, 4) is 11.5 Å². The highest BCUT2D eigenvalue weighted by Crippen LogP contribution is 2.33. The average molecular weight is 353 g/mol. The largest absolute Gasteiger partial charge is 0.486 e. The monoisotopic (exact) mass is 353 g/mol. The predicted octanol–water partition coefficient (Wildman–Crippen LogP) is 2.83. The van der Waals surface area contributed by atoms with Gasteiger partial charge in [0.25, 0.3) is 5.91 Å². The number of aromatic nitrogens is 1. The Morgan fingerprint density at radius 3 is 2.81 bits per heavy atom. The maximum Gasteiger partial charge on any atom is 0.254 e. The van der Waals surface area contributed by atoms with Gasteiger partial charge in [-0.3, -0.25) is 9.78 Å². The molecule has 1 fully saturated rings. The van der Waals surface area contributed by atoms with E-state index in [1.165, 1.54) is 0 Å². The van der Waals surface area contributed by atoms with Crippen LogP contribution < -0.4 is 14.8 Å². The highest BCUT2D eigenvalue weighted by Gasteiger charge is 2.29. The van der Waals surface area contributed by atoms with Crippen molar-refractivity contribution in [1.29, 1.82) is 0 Å². The van der Waals surface area contributed by atoms with Gasteiger partial charge in [0.2, 0.25) is 0 Å². The zero-order chi connectivity index (χ0) is 18.1. The van der Waals surface area contributed by atoms with Gasteiger partial charge < -0.3 is 19.7 Å². The number of amides is 1. The van der Waals surface area contributed by atoms with Crippen LogP contribution in [0.1, 0.15) is 34.1 Å². The number of likely N-dealkylation sites (tertiary alicyclic amines) is 1. The van der Waals surface area contributed by atoms with Gasteiger partial charge in [0, 0.05) is 48.7 Å². The molecule has 0 unspecified atom stereocenters. The standard InChI is InChI=1S/C20H23N3O3/c1-13-9-16(21-2)11-17(22-13)15-5-6-23(12-15)20(24)14-3-4-18-19(10-14)26-8-7-25-18/h3-4,9-11,15H,5-8,12H2,1-2H3,(H,21,22)/t15-/m1/s1. The van der Waals surface area contributed by atoms with Crippen LogP contribution in [0.25, 0.3) is 0 Å². The molecule has 2 aromatic rings. The Bertz CT molecular complexity index is 837. The highest BCUT2D eigenvalue weighted by molar-refractivity contribution is 5.95. The number of nitrogens with zero attached hydrogens (tertiary/aromatic N) is 2. The van der Waals surface area contributed by atoms with Gasteiger partial charge in [0.05, 0.1) is 0 Å². The number of anilines is 1. The number of aryl methyl sites for hydroxylation is 1. The van der Waals surface area contributed by atoms with Gasteiger partial charge in [-0.2, -0.15) is 0 Å². The third-order valence-corrected chi connectivity index (χ3v) is 4.94. The van der Waals surface area contributed by atoms with Crippen LogP contribution in [0.4, 0.5) is 5.69 Å². The van der Waals surface area contributed by atoms with Crippen LogP contribution in [0, 0.1) is 6.92 Å². The van der Waals surface area contributed by atoms with Crippen LogP contribution in [-0.2, 0) is 0 Å². The first kappa shape index (κ1) is 16.7. The van der Waals surface area contributed by atoms with Gasteiger partial charge in [0.15, 0.2) is 11.5 Å². The van der Waals surface area contributed by atoms with E-state index < -0.39 is 0 Å². The van der Waals surface area contributed by atoms with Gasteiger partial charge in [-0.05, 0) is 43.7 Å². The minimum Gasteiger partial charge on any atom is -0.486 e. The van der Waals surface area contributed by atoms with Crippen molar-refractivity contribution < 1.29 is 14.3 Å². The third-order valence-electron chi connectivity index (χ3n) is 4.94. The van der Waals surface area contributed by atoms with Crippen LogP contribution in [0.5, 0.6) is 11.5 Å². The molecule has 1 aromatic heterocycles. The molecule has 0 spiro atoms. The second-order valence-electron chi connectivity index (χ2n) is 6.77. The number of rotatable bonds is 3. The Hall–Kier alpha value is -2.76. The Morgan fingerprint density at radius 2 is 2.00 bits per heavy atom. The predicted molar refractivity (Wildman–Crippen MR) is 99.2 cm³/mol. The van der Waals surface area contributed by atoms with Gasteiger partial charge >= 0.3 is 0 Å². The molecule has 6 nitrogen and oxygen atoms in total. The summed E-state index contributed by atoms with van der Waals surface area (Å²) in [6, 6.07) is 9.52. The second-order valence-corrected chi connectivity index (χ2v) is 6.77. The molecule has 6 heteroatoms. The van der Waals surface area contributed by atoms with Gasteiger partial charge in [-0.1, -0.05) is 0 Å². The number of ether oxygens (including phenoxy) is 2. The quantitative estimate of drug-likeness (QED) is 0.919. The lowest BCUT2D eigenvalue weighted by atomic mass is 10.0. The minimum atomic E-state index is 0.0333. The zero-order valence-corrected chi connectivity index (χ0v) is 15.1. The highest BCUT2D eigenvalue weighted by atomic mass is 16.6. The van der Waals surface area contributed by atoms with Crippen molar-refractivity contribution >= 4 is 11.6 Å². The van der Waals surface area contributed by atoms with Crippen LogP contribution >= 0.6 is 0 Å². The van der Waals surface area contributed by atoms with Gasteiger partial charge in [-0.25, -0.2) is 0 Å². The first-order valence-corrected chi connectivity index (χ1v) is 8.99. The molecule has 136 valence electrons. The summed E-state index contributed by atoms with van der Waals surface area (Å²) in [5.74, 6) is 1.65. The number of fused-ring (bicyclic) bond motifs is 1. The first-order chi connectivity index (χ1) is 12.6. The molecular weight excluding hydrogens is 330 g/mol. The van der Waals surface area contributed by atoms with Crippen molar-refractivity contribution in [3.05, 3.63) is 47.3 Å². The number of nitrogens with one attached hydrogen (secondary N) is 1. The number of pyridine rings is 1. The summed E-state index contributed by atoms with van der Waals surface area (Å²) in [6.07, 6.45) is 0.926. The van der Waals surface area contributed by atoms with Gasteiger partial charge in [0.1, 0.15) is 13.2 Å². The van der Waals surface area contributed by atoms with Crippen molar-refractivity contribution in [3.63, 3.8) is 0 Å². The molecule has 3 heterocycles. The van der Waals surface area contributed by atoms with Crippen LogP contribution in [0.2, 0.25) is 0 Å². The molecular formula is C20H23N3O3. The summed E-state index contributed by atoms with van der Waals surface area (Å²) >= 11 is 0. The molecule has 26 heavy (non-hydrogen) atoms. The normalized spacial score (nSPS) is 18.7. The SMILES string of the molecule is CNc1cc(C)nc([C@@H]2CCN(C(=O)c3ccc4c(c3)OCCO4)C2)c1. The maximum absolute atomic E-state index is 12.9. The number of benzene rings is 1. The van der Waals surface area contributed by atoms with E-state index in [0.717, 1.165) is 30.0 Å². The summed E-state index contributed by atoms with van der Waals surface area (Å²) in [5.41, 5.74) is 3.74. The van der Waals surface area contributed by atoms with E-state index >= 15 is 0 Å². The fourth-order valence-electron chi connectivity index (χ4n) is 3.59. The van der Waals surface area contributed by atoms with Crippen LogP contribution in [0.15, 0.2) is 30.3 Å². The topological polar surface area (TPSA) is 63.7 Å². The molecule has 1 amide bonds. The Balaban J connectivity index is 1.50. The summed E-state index contributed by atoms with van der Waals surface area (Å²) in [7, 11) is 1.91. The molecule has 0 bridgehead atoms. The molecule has 0 saturated carbocycles. The fraction of sp³-hybridized carbons (Fsp3) is 0.400. The van der Waals surface area contributed by atoms with E-state index in [1.807, 2.05) is 37.1 Å². The smallest absolute Gasteiger partial charge is 0.254 e. The summed E-state index contributed by atoms with van der Waals surface area (Å²) in [6.45, 7) is 4.49. The third kappa shape index (κ3) is 3.19. The minimum absolute atomic E-state index is 0.0333. The Kier molecular flexibility index (Phi) is 4.41. The summed E-state index contributed by atoms with van der Waals surface area (Å²) in [4.78, 5) is 19.5.